The van der Waals surface area contributed by atoms with Crippen LogP contribution < -0.4 is 0 Å². The van der Waals surface area contributed by atoms with E-state index in [0.717, 1.165) is 5.56 Å². The van der Waals surface area contributed by atoms with E-state index in [9.17, 15) is 13.6 Å². The minimum Gasteiger partial charge on any atom is -0.294 e. The second-order valence-corrected chi connectivity index (χ2v) is 4.84. The molecule has 0 spiro atoms. The Kier molecular flexibility index (Phi) is 4.61. The molecule has 0 N–H and O–H groups in total. The molecule has 0 aromatic heterocycles. The van der Waals surface area contributed by atoms with Crippen LogP contribution >= 0.6 is 0 Å². The number of benzene rings is 2. The van der Waals surface area contributed by atoms with Crippen molar-refractivity contribution in [3.63, 3.8) is 0 Å². The van der Waals surface area contributed by atoms with Crippen molar-refractivity contribution in [2.45, 2.75) is 25.7 Å². The van der Waals surface area contributed by atoms with Gasteiger partial charge in [0.15, 0.2) is 5.78 Å². The molecule has 2 aromatic rings. The highest BCUT2D eigenvalue weighted by atomic mass is 19.3. The van der Waals surface area contributed by atoms with Gasteiger partial charge in [-0.25, -0.2) is 8.78 Å². The van der Waals surface area contributed by atoms with Crippen LogP contribution in [-0.4, -0.2) is 12.2 Å². The van der Waals surface area contributed by atoms with Crippen molar-refractivity contribution in [3.05, 3.63) is 71.3 Å². The molecule has 0 fully saturated rings. The predicted molar refractivity (Wildman–Crippen MR) is 75.3 cm³/mol. The fourth-order valence-electron chi connectivity index (χ4n) is 2.11. The second kappa shape index (κ2) is 6.42. The Labute approximate surface area is 117 Å². The molecule has 104 valence electrons. The number of Topliss-reactive ketones (excluding diaryl/α,β-unsaturated/α-hetero) is 1. The van der Waals surface area contributed by atoms with Gasteiger partial charge in [0.1, 0.15) is 0 Å². The lowest BCUT2D eigenvalue weighted by Gasteiger charge is -2.16. The van der Waals surface area contributed by atoms with E-state index >= 15 is 0 Å². The topological polar surface area (TPSA) is 17.1 Å². The molecule has 0 heterocycles. The maximum Gasteiger partial charge on any atom is 0.245 e. The smallest absolute Gasteiger partial charge is 0.245 e. The van der Waals surface area contributed by atoms with Crippen molar-refractivity contribution < 1.29 is 13.6 Å². The largest absolute Gasteiger partial charge is 0.294 e. The third-order valence-corrected chi connectivity index (χ3v) is 3.31. The standard InChI is InChI=1S/C17H16F2O/c1-12-7-9-13(10-8-12)15(17(18)19)11-16(20)14-5-3-2-4-6-14/h2-10,15,17H,11H2,1H3/t15-/m1/s1. The molecule has 0 saturated carbocycles. The van der Waals surface area contributed by atoms with Gasteiger partial charge in [0.05, 0.1) is 5.92 Å². The third-order valence-electron chi connectivity index (χ3n) is 3.31. The maximum absolute atomic E-state index is 13.2. The highest BCUT2D eigenvalue weighted by molar-refractivity contribution is 5.96. The van der Waals surface area contributed by atoms with Gasteiger partial charge in [-0.2, -0.15) is 0 Å². The van der Waals surface area contributed by atoms with E-state index in [-0.39, 0.29) is 12.2 Å². The molecule has 2 rings (SSSR count). The number of rotatable bonds is 5. The lowest BCUT2D eigenvalue weighted by atomic mass is 9.91. The summed E-state index contributed by atoms with van der Waals surface area (Å²) in [6.45, 7) is 1.90. The Hall–Kier alpha value is -2.03. The van der Waals surface area contributed by atoms with E-state index in [4.69, 9.17) is 0 Å². The first-order valence-corrected chi connectivity index (χ1v) is 6.51. The molecule has 0 amide bonds. The summed E-state index contributed by atoms with van der Waals surface area (Å²) in [7, 11) is 0. The number of hydrogen-bond donors (Lipinski definition) is 0. The number of carbonyl (C=O) groups excluding carboxylic acids is 1. The van der Waals surface area contributed by atoms with E-state index in [1.807, 2.05) is 6.92 Å². The van der Waals surface area contributed by atoms with Crippen LogP contribution in [0.25, 0.3) is 0 Å². The molecule has 1 atom stereocenters. The summed E-state index contributed by atoms with van der Waals surface area (Å²) in [6, 6.07) is 15.5. The van der Waals surface area contributed by atoms with Crippen molar-refractivity contribution in [2.24, 2.45) is 0 Å². The quantitative estimate of drug-likeness (QED) is 0.727. The summed E-state index contributed by atoms with van der Waals surface area (Å²) in [4.78, 5) is 12.1. The van der Waals surface area contributed by atoms with Gasteiger partial charge < -0.3 is 0 Å². The minimum atomic E-state index is -2.55. The van der Waals surface area contributed by atoms with E-state index in [0.29, 0.717) is 11.1 Å². The molecule has 20 heavy (non-hydrogen) atoms. The van der Waals surface area contributed by atoms with Crippen LogP contribution in [0.2, 0.25) is 0 Å². The van der Waals surface area contributed by atoms with Crippen LogP contribution in [0.1, 0.15) is 33.8 Å². The van der Waals surface area contributed by atoms with Crippen molar-refractivity contribution in [1.82, 2.24) is 0 Å². The van der Waals surface area contributed by atoms with E-state index in [1.54, 1.807) is 54.6 Å². The first-order valence-electron chi connectivity index (χ1n) is 6.51. The van der Waals surface area contributed by atoms with Gasteiger partial charge in [-0.1, -0.05) is 60.2 Å². The van der Waals surface area contributed by atoms with Gasteiger partial charge in [0, 0.05) is 12.0 Å². The Balaban J connectivity index is 2.18. The first-order chi connectivity index (χ1) is 9.58. The fraction of sp³-hybridized carbons (Fsp3) is 0.235. The Morgan fingerprint density at radius 2 is 1.60 bits per heavy atom. The molecule has 0 radical (unpaired) electrons. The van der Waals surface area contributed by atoms with E-state index < -0.39 is 12.3 Å². The summed E-state index contributed by atoms with van der Waals surface area (Å²) in [5, 5.41) is 0. The zero-order chi connectivity index (χ0) is 14.5. The molecule has 0 saturated heterocycles. The van der Waals surface area contributed by atoms with Gasteiger partial charge >= 0.3 is 0 Å². The average Bonchev–Trinajstić information content (AvgIpc) is 2.46. The predicted octanol–water partition coefficient (Wildman–Crippen LogP) is 4.62. The fourth-order valence-corrected chi connectivity index (χ4v) is 2.11. The normalized spacial score (nSPS) is 12.4. The number of halogens is 2. The van der Waals surface area contributed by atoms with Crippen molar-refractivity contribution in [2.75, 3.05) is 0 Å². The van der Waals surface area contributed by atoms with Crippen LogP contribution in [-0.2, 0) is 0 Å². The molecule has 0 bridgehead atoms. The zero-order valence-corrected chi connectivity index (χ0v) is 11.2. The Bertz CT molecular complexity index is 561. The number of carbonyl (C=O) groups is 1. The summed E-state index contributed by atoms with van der Waals surface area (Å²) >= 11 is 0. The number of hydrogen-bond acceptors (Lipinski definition) is 1. The second-order valence-electron chi connectivity index (χ2n) is 4.84. The van der Waals surface area contributed by atoms with Crippen LogP contribution in [0.15, 0.2) is 54.6 Å². The molecule has 2 aromatic carbocycles. The molecule has 0 aliphatic heterocycles. The lowest BCUT2D eigenvalue weighted by molar-refractivity contribution is 0.0836. The van der Waals surface area contributed by atoms with Crippen molar-refractivity contribution >= 4 is 5.78 Å². The minimum absolute atomic E-state index is 0.176. The van der Waals surface area contributed by atoms with Crippen LogP contribution in [0.4, 0.5) is 8.78 Å². The molecule has 1 nitrogen and oxygen atoms in total. The Morgan fingerprint density at radius 1 is 1.00 bits per heavy atom. The van der Waals surface area contributed by atoms with Gasteiger partial charge in [-0.15, -0.1) is 0 Å². The van der Waals surface area contributed by atoms with Gasteiger partial charge in [-0.05, 0) is 12.5 Å². The molecular formula is C17H16F2O. The molecule has 3 heteroatoms. The first kappa shape index (κ1) is 14.4. The average molecular weight is 274 g/mol. The number of alkyl halides is 2. The summed E-state index contributed by atoms with van der Waals surface area (Å²) in [5.41, 5.74) is 2.00. The van der Waals surface area contributed by atoms with E-state index in [2.05, 4.69) is 0 Å². The van der Waals surface area contributed by atoms with Crippen LogP contribution in [0, 0.1) is 6.92 Å². The highest BCUT2D eigenvalue weighted by Gasteiger charge is 2.25. The molecule has 0 unspecified atom stereocenters. The number of ketones is 1. The van der Waals surface area contributed by atoms with E-state index in [1.165, 1.54) is 0 Å². The zero-order valence-electron chi connectivity index (χ0n) is 11.2. The van der Waals surface area contributed by atoms with Gasteiger partial charge in [-0.3, -0.25) is 4.79 Å². The summed E-state index contributed by atoms with van der Waals surface area (Å²) < 4.78 is 26.4. The molecule has 0 aliphatic carbocycles. The summed E-state index contributed by atoms with van der Waals surface area (Å²) in [6.07, 6.45) is -2.73. The lowest BCUT2D eigenvalue weighted by Crippen LogP contribution is -2.14. The van der Waals surface area contributed by atoms with Crippen LogP contribution in [0.3, 0.4) is 0 Å². The van der Waals surface area contributed by atoms with Crippen LogP contribution in [0.5, 0.6) is 0 Å². The van der Waals surface area contributed by atoms with Crippen molar-refractivity contribution in [1.29, 1.82) is 0 Å². The summed E-state index contributed by atoms with van der Waals surface area (Å²) in [5.74, 6) is -1.31. The molecule has 0 aliphatic rings. The Morgan fingerprint density at radius 3 is 2.15 bits per heavy atom. The van der Waals surface area contributed by atoms with Gasteiger partial charge in [0.2, 0.25) is 6.43 Å². The highest BCUT2D eigenvalue weighted by Crippen LogP contribution is 2.28. The number of aryl methyl sites for hydroxylation is 1. The SMILES string of the molecule is Cc1ccc([C@@H](CC(=O)c2ccccc2)C(F)F)cc1. The van der Waals surface area contributed by atoms with Crippen molar-refractivity contribution in [3.8, 4) is 0 Å². The maximum atomic E-state index is 13.2. The third kappa shape index (κ3) is 3.50. The monoisotopic (exact) mass is 274 g/mol. The molecular weight excluding hydrogens is 258 g/mol. The van der Waals surface area contributed by atoms with Gasteiger partial charge in [0.25, 0.3) is 0 Å².